The Morgan fingerprint density at radius 2 is 1.23 bits per heavy atom. The first-order valence-corrected chi connectivity index (χ1v) is 13.4. The summed E-state index contributed by atoms with van der Waals surface area (Å²) in [4.78, 5) is 6.34. The lowest BCUT2D eigenvalue weighted by atomic mass is 10.2. The van der Waals surface area contributed by atoms with Gasteiger partial charge in [-0.2, -0.15) is 0 Å². The summed E-state index contributed by atoms with van der Waals surface area (Å²) in [6.07, 6.45) is 1.87. The number of hydrogen-bond acceptors (Lipinski definition) is 7. The van der Waals surface area contributed by atoms with E-state index < -0.39 is 19.7 Å². The van der Waals surface area contributed by atoms with E-state index in [2.05, 4.69) is 4.98 Å². The van der Waals surface area contributed by atoms with Crippen LogP contribution in [0.5, 0.6) is 0 Å². The van der Waals surface area contributed by atoms with E-state index in [1.54, 1.807) is 24.3 Å². The number of rotatable bonds is 5. The Morgan fingerprint density at radius 1 is 0.767 bits per heavy atom. The van der Waals surface area contributed by atoms with E-state index in [9.17, 15) is 16.8 Å². The van der Waals surface area contributed by atoms with Gasteiger partial charge in [-0.25, -0.2) is 21.8 Å². The summed E-state index contributed by atoms with van der Waals surface area (Å²) in [7, 11) is -7.88. The van der Waals surface area contributed by atoms with Gasteiger partial charge in [-0.3, -0.25) is 0 Å². The first-order chi connectivity index (χ1) is 14.2. The Labute approximate surface area is 181 Å². The minimum absolute atomic E-state index is 0.106. The van der Waals surface area contributed by atoms with Crippen molar-refractivity contribution >= 4 is 36.0 Å². The lowest BCUT2D eigenvalue weighted by Gasteiger charge is -2.16. The van der Waals surface area contributed by atoms with Crippen molar-refractivity contribution < 1.29 is 16.8 Å². The maximum Gasteiger partial charge on any atom is 0.233 e. The minimum atomic E-state index is -3.96. The van der Waals surface area contributed by atoms with Gasteiger partial charge < -0.3 is 4.90 Å². The molecular weight excluding hydrogens is 440 g/mol. The van der Waals surface area contributed by atoms with Gasteiger partial charge in [-0.1, -0.05) is 46.7 Å². The van der Waals surface area contributed by atoms with Crippen LogP contribution in [0.25, 0.3) is 0 Å². The summed E-state index contributed by atoms with van der Waals surface area (Å²) in [6.45, 7) is 5.12. The minimum Gasteiger partial charge on any atom is -0.361 e. The molecule has 1 fully saturated rings. The second-order valence-corrected chi connectivity index (χ2v) is 12.4. The van der Waals surface area contributed by atoms with Crippen LogP contribution < -0.4 is 4.90 Å². The standard InChI is InChI=1S/C21H22N2O4S3/c1-15-5-9-17(10-6-15)29(24,25)19-20(23-13-3-4-14-23)28-21(22-19)30(26,27)18-11-7-16(2)8-12-18/h5-12H,3-4,13-14H2,1-2H3. The summed E-state index contributed by atoms with van der Waals surface area (Å²) in [5.41, 5.74) is 1.88. The van der Waals surface area contributed by atoms with E-state index in [4.69, 9.17) is 0 Å². The molecule has 0 radical (unpaired) electrons. The van der Waals surface area contributed by atoms with Crippen LogP contribution in [0.2, 0.25) is 0 Å². The fourth-order valence-electron chi connectivity index (χ4n) is 3.34. The molecule has 0 aliphatic carbocycles. The molecule has 2 heterocycles. The molecule has 6 nitrogen and oxygen atoms in total. The van der Waals surface area contributed by atoms with Crippen molar-refractivity contribution in [3.05, 3.63) is 59.7 Å². The summed E-state index contributed by atoms with van der Waals surface area (Å²) in [6, 6.07) is 13.0. The molecule has 0 amide bonds. The fraction of sp³-hybridized carbons (Fsp3) is 0.286. The third kappa shape index (κ3) is 3.77. The average Bonchev–Trinajstić information content (AvgIpc) is 3.39. The molecule has 0 spiro atoms. The molecule has 158 valence electrons. The molecule has 0 saturated carbocycles. The van der Waals surface area contributed by atoms with E-state index >= 15 is 0 Å². The predicted octanol–water partition coefficient (Wildman–Crippen LogP) is 4.03. The molecule has 30 heavy (non-hydrogen) atoms. The monoisotopic (exact) mass is 462 g/mol. The van der Waals surface area contributed by atoms with Crippen molar-refractivity contribution in [2.45, 2.75) is 45.8 Å². The van der Waals surface area contributed by atoms with Crippen molar-refractivity contribution in [1.82, 2.24) is 4.98 Å². The highest BCUT2D eigenvalue weighted by molar-refractivity contribution is 7.94. The quantitative estimate of drug-likeness (QED) is 0.569. The fourth-order valence-corrected chi connectivity index (χ4v) is 7.81. The molecule has 0 N–H and O–H groups in total. The van der Waals surface area contributed by atoms with Crippen LogP contribution in [0, 0.1) is 13.8 Å². The SMILES string of the molecule is Cc1ccc(S(=O)(=O)c2nc(S(=O)(=O)c3ccc(C)cc3)c(N3CCCC3)s2)cc1. The number of sulfone groups is 2. The molecule has 1 saturated heterocycles. The number of anilines is 1. The smallest absolute Gasteiger partial charge is 0.233 e. The normalized spacial score (nSPS) is 14.9. The third-order valence-corrected chi connectivity index (χ3v) is 10.2. The maximum absolute atomic E-state index is 13.4. The van der Waals surface area contributed by atoms with Crippen molar-refractivity contribution in [2.24, 2.45) is 0 Å². The molecule has 0 atom stereocenters. The highest BCUT2D eigenvalue weighted by atomic mass is 32.2. The van der Waals surface area contributed by atoms with Crippen LogP contribution in [0.4, 0.5) is 5.00 Å². The van der Waals surface area contributed by atoms with Crippen LogP contribution in [0.3, 0.4) is 0 Å². The van der Waals surface area contributed by atoms with Crippen LogP contribution >= 0.6 is 11.3 Å². The van der Waals surface area contributed by atoms with Gasteiger partial charge in [0.1, 0.15) is 5.00 Å². The van der Waals surface area contributed by atoms with Gasteiger partial charge in [0, 0.05) is 13.1 Å². The van der Waals surface area contributed by atoms with Crippen molar-refractivity contribution in [2.75, 3.05) is 18.0 Å². The first-order valence-electron chi connectivity index (χ1n) is 9.59. The van der Waals surface area contributed by atoms with E-state index in [0.717, 1.165) is 35.3 Å². The van der Waals surface area contributed by atoms with Gasteiger partial charge in [0.25, 0.3) is 0 Å². The number of aromatic nitrogens is 1. The van der Waals surface area contributed by atoms with Gasteiger partial charge in [-0.15, -0.1) is 0 Å². The Kier molecular flexibility index (Phi) is 5.46. The van der Waals surface area contributed by atoms with Crippen LogP contribution in [0.1, 0.15) is 24.0 Å². The van der Waals surface area contributed by atoms with Crippen molar-refractivity contribution in [3.8, 4) is 0 Å². The van der Waals surface area contributed by atoms with Crippen molar-refractivity contribution in [3.63, 3.8) is 0 Å². The van der Waals surface area contributed by atoms with Gasteiger partial charge in [-0.05, 0) is 51.0 Å². The molecule has 0 unspecified atom stereocenters. The van der Waals surface area contributed by atoms with Gasteiger partial charge in [0.2, 0.25) is 24.0 Å². The lowest BCUT2D eigenvalue weighted by Crippen LogP contribution is -2.19. The third-order valence-electron chi connectivity index (χ3n) is 5.10. The second kappa shape index (κ2) is 7.79. The number of benzene rings is 2. The number of nitrogens with zero attached hydrogens (tertiary/aromatic N) is 2. The van der Waals surface area contributed by atoms with E-state index in [1.807, 2.05) is 18.7 Å². The van der Waals surface area contributed by atoms with Crippen LogP contribution in [-0.2, 0) is 19.7 Å². The Bertz CT molecular complexity index is 1270. The molecular formula is C21H22N2O4S3. The molecule has 4 rings (SSSR count). The van der Waals surface area contributed by atoms with E-state index in [0.29, 0.717) is 18.1 Å². The summed E-state index contributed by atoms with van der Waals surface area (Å²) >= 11 is 0.935. The predicted molar refractivity (Wildman–Crippen MR) is 117 cm³/mol. The number of hydrogen-bond donors (Lipinski definition) is 0. The van der Waals surface area contributed by atoms with Crippen molar-refractivity contribution in [1.29, 1.82) is 0 Å². The van der Waals surface area contributed by atoms with Gasteiger partial charge in [0.05, 0.1) is 9.79 Å². The molecule has 2 aromatic carbocycles. The maximum atomic E-state index is 13.4. The molecule has 1 aliphatic rings. The lowest BCUT2D eigenvalue weighted by molar-refractivity contribution is 0.589. The zero-order valence-corrected chi connectivity index (χ0v) is 19.1. The topological polar surface area (TPSA) is 84.4 Å². The second-order valence-electron chi connectivity index (χ2n) is 7.42. The van der Waals surface area contributed by atoms with Crippen LogP contribution in [0.15, 0.2) is 67.7 Å². The largest absolute Gasteiger partial charge is 0.361 e. The zero-order chi connectivity index (χ0) is 21.5. The molecule has 3 aromatic rings. The Morgan fingerprint density at radius 3 is 1.73 bits per heavy atom. The zero-order valence-electron chi connectivity index (χ0n) is 16.7. The molecule has 0 bridgehead atoms. The Balaban J connectivity index is 1.87. The average molecular weight is 463 g/mol. The summed E-state index contributed by atoms with van der Waals surface area (Å²) < 4.78 is 52.9. The van der Waals surface area contributed by atoms with E-state index in [1.165, 1.54) is 24.3 Å². The Hall–Kier alpha value is -2.23. The highest BCUT2D eigenvalue weighted by Gasteiger charge is 2.34. The summed E-state index contributed by atoms with van der Waals surface area (Å²) in [5, 5.41) is 0.225. The number of thiazole rings is 1. The van der Waals surface area contributed by atoms with Crippen LogP contribution in [-0.4, -0.2) is 34.9 Å². The number of aryl methyl sites for hydroxylation is 2. The molecule has 1 aliphatic heterocycles. The molecule has 1 aromatic heterocycles. The van der Waals surface area contributed by atoms with Gasteiger partial charge in [0.15, 0.2) is 5.03 Å². The van der Waals surface area contributed by atoms with E-state index in [-0.39, 0.29) is 19.2 Å². The highest BCUT2D eigenvalue weighted by Crippen LogP contribution is 2.40. The molecule has 9 heteroatoms. The first kappa shape index (κ1) is 21.0. The summed E-state index contributed by atoms with van der Waals surface area (Å²) in [5.74, 6) is 0. The van der Waals surface area contributed by atoms with Gasteiger partial charge >= 0.3 is 0 Å².